The molecule has 0 fully saturated rings. The molecule has 17 heavy (non-hydrogen) atoms. The quantitative estimate of drug-likeness (QED) is 0.705. The van der Waals surface area contributed by atoms with Gasteiger partial charge in [0.1, 0.15) is 0 Å². The lowest BCUT2D eigenvalue weighted by atomic mass is 10.00. The lowest BCUT2D eigenvalue weighted by molar-refractivity contribution is 0.0584. The molecule has 1 heterocycles. The predicted molar refractivity (Wildman–Crippen MR) is 70.1 cm³/mol. The van der Waals surface area contributed by atoms with Gasteiger partial charge in [-0.05, 0) is 32.4 Å². The summed E-state index contributed by atoms with van der Waals surface area (Å²) in [5.41, 5.74) is 1.46. The Labute approximate surface area is 104 Å². The van der Waals surface area contributed by atoms with Gasteiger partial charge in [-0.1, -0.05) is 13.8 Å². The van der Waals surface area contributed by atoms with Crippen LogP contribution in [0.25, 0.3) is 0 Å². The molecular formula is C13H25N3O. The van der Waals surface area contributed by atoms with E-state index >= 15 is 0 Å². The van der Waals surface area contributed by atoms with Crippen LogP contribution in [0.3, 0.4) is 0 Å². The molecule has 0 amide bonds. The van der Waals surface area contributed by atoms with E-state index in [0.717, 1.165) is 30.8 Å². The van der Waals surface area contributed by atoms with Crippen LogP contribution in [0.4, 0.5) is 0 Å². The summed E-state index contributed by atoms with van der Waals surface area (Å²) < 4.78 is 1.87. The molecule has 0 bridgehead atoms. The van der Waals surface area contributed by atoms with Crippen LogP contribution in [-0.2, 0) is 19.9 Å². The smallest absolute Gasteiger partial charge is 0.0798 e. The lowest BCUT2D eigenvalue weighted by Gasteiger charge is -2.23. The topological polar surface area (TPSA) is 50.1 Å². The molecule has 1 aromatic heterocycles. The molecule has 1 rings (SSSR count). The molecule has 1 atom stereocenters. The number of aromatic nitrogens is 2. The van der Waals surface area contributed by atoms with Crippen molar-refractivity contribution in [2.45, 2.75) is 45.6 Å². The average molecular weight is 239 g/mol. The van der Waals surface area contributed by atoms with Crippen molar-refractivity contribution >= 4 is 0 Å². The molecule has 0 aliphatic carbocycles. The molecule has 0 aliphatic rings. The summed E-state index contributed by atoms with van der Waals surface area (Å²) in [7, 11) is 1.93. The first-order valence-corrected chi connectivity index (χ1v) is 6.43. The summed E-state index contributed by atoms with van der Waals surface area (Å²) in [6, 6.07) is 2.08. The first-order chi connectivity index (χ1) is 7.98. The summed E-state index contributed by atoms with van der Waals surface area (Å²) in [6.07, 6.45) is 2.65. The molecule has 0 aromatic carbocycles. The molecule has 0 saturated heterocycles. The number of nitrogens with one attached hydrogen (secondary N) is 1. The second-order valence-corrected chi connectivity index (χ2v) is 4.95. The van der Waals surface area contributed by atoms with Gasteiger partial charge in [-0.15, -0.1) is 0 Å². The van der Waals surface area contributed by atoms with Crippen molar-refractivity contribution in [2.75, 3.05) is 13.1 Å². The highest BCUT2D eigenvalue weighted by atomic mass is 16.3. The molecule has 1 aromatic rings. The predicted octanol–water partition coefficient (Wildman–Crippen LogP) is 1.28. The molecule has 4 heteroatoms. The molecule has 0 spiro atoms. The summed E-state index contributed by atoms with van der Waals surface area (Å²) in [4.78, 5) is 0. The fraction of sp³-hybridized carbons (Fsp3) is 0.769. The standard InChI is InChI=1S/C13H25N3O/c1-5-7-14-10-13(3,17)9-12-8-11(6-2)15-16(12)4/h8,14,17H,5-7,9-10H2,1-4H3. The van der Waals surface area contributed by atoms with Gasteiger partial charge in [0, 0.05) is 25.7 Å². The van der Waals surface area contributed by atoms with Gasteiger partial charge < -0.3 is 10.4 Å². The molecule has 0 saturated carbocycles. The van der Waals surface area contributed by atoms with Crippen LogP contribution in [0, 0.1) is 0 Å². The van der Waals surface area contributed by atoms with Crippen molar-refractivity contribution in [3.63, 3.8) is 0 Å². The van der Waals surface area contributed by atoms with Gasteiger partial charge in [-0.2, -0.15) is 5.10 Å². The van der Waals surface area contributed by atoms with Crippen molar-refractivity contribution in [1.82, 2.24) is 15.1 Å². The largest absolute Gasteiger partial charge is 0.388 e. The molecule has 98 valence electrons. The maximum absolute atomic E-state index is 10.3. The van der Waals surface area contributed by atoms with Crippen LogP contribution in [0.15, 0.2) is 6.07 Å². The van der Waals surface area contributed by atoms with Crippen LogP contribution in [0.5, 0.6) is 0 Å². The second kappa shape index (κ2) is 6.17. The molecular weight excluding hydrogens is 214 g/mol. The first kappa shape index (κ1) is 14.2. The minimum absolute atomic E-state index is 0.619. The molecule has 0 aliphatic heterocycles. The van der Waals surface area contributed by atoms with E-state index in [2.05, 4.69) is 30.3 Å². The van der Waals surface area contributed by atoms with E-state index in [0.29, 0.717) is 13.0 Å². The molecule has 2 N–H and O–H groups in total. The van der Waals surface area contributed by atoms with E-state index in [4.69, 9.17) is 0 Å². The molecule has 0 radical (unpaired) electrons. The van der Waals surface area contributed by atoms with E-state index in [1.165, 1.54) is 0 Å². The molecule has 1 unspecified atom stereocenters. The number of aliphatic hydroxyl groups is 1. The Balaban J connectivity index is 2.58. The van der Waals surface area contributed by atoms with Gasteiger partial charge >= 0.3 is 0 Å². The van der Waals surface area contributed by atoms with E-state index in [9.17, 15) is 5.11 Å². The van der Waals surface area contributed by atoms with E-state index in [1.807, 2.05) is 18.7 Å². The van der Waals surface area contributed by atoms with Crippen molar-refractivity contribution in [3.8, 4) is 0 Å². The Morgan fingerprint density at radius 1 is 1.47 bits per heavy atom. The zero-order valence-electron chi connectivity index (χ0n) is 11.5. The lowest BCUT2D eigenvalue weighted by Crippen LogP contribution is -2.40. The Hall–Kier alpha value is -0.870. The van der Waals surface area contributed by atoms with Gasteiger partial charge in [0.15, 0.2) is 0 Å². The van der Waals surface area contributed by atoms with E-state index < -0.39 is 5.60 Å². The maximum atomic E-state index is 10.3. The van der Waals surface area contributed by atoms with Crippen molar-refractivity contribution < 1.29 is 5.11 Å². The second-order valence-electron chi connectivity index (χ2n) is 4.95. The number of hydrogen-bond donors (Lipinski definition) is 2. The Morgan fingerprint density at radius 2 is 2.18 bits per heavy atom. The summed E-state index contributed by atoms with van der Waals surface area (Å²) in [5.74, 6) is 0. The van der Waals surface area contributed by atoms with Crippen molar-refractivity contribution in [1.29, 1.82) is 0 Å². The number of rotatable bonds is 7. The Morgan fingerprint density at radius 3 is 2.71 bits per heavy atom. The van der Waals surface area contributed by atoms with Gasteiger partial charge in [0.25, 0.3) is 0 Å². The minimum Gasteiger partial charge on any atom is -0.388 e. The SMILES string of the molecule is CCCNCC(C)(O)Cc1cc(CC)nn1C. The minimum atomic E-state index is -0.714. The Kier molecular flexibility index (Phi) is 5.15. The number of nitrogens with zero attached hydrogens (tertiary/aromatic N) is 2. The summed E-state index contributed by atoms with van der Waals surface area (Å²) in [5, 5.41) is 17.9. The monoisotopic (exact) mass is 239 g/mol. The van der Waals surface area contributed by atoms with Gasteiger partial charge in [-0.25, -0.2) is 0 Å². The van der Waals surface area contributed by atoms with Crippen LogP contribution >= 0.6 is 0 Å². The summed E-state index contributed by atoms with van der Waals surface area (Å²) in [6.45, 7) is 7.65. The highest BCUT2D eigenvalue weighted by Crippen LogP contribution is 2.13. The van der Waals surface area contributed by atoms with Gasteiger partial charge in [-0.3, -0.25) is 4.68 Å². The van der Waals surface area contributed by atoms with Crippen LogP contribution in [0.1, 0.15) is 38.6 Å². The van der Waals surface area contributed by atoms with Crippen molar-refractivity contribution in [2.24, 2.45) is 7.05 Å². The molecule has 4 nitrogen and oxygen atoms in total. The van der Waals surface area contributed by atoms with Crippen LogP contribution < -0.4 is 5.32 Å². The zero-order valence-corrected chi connectivity index (χ0v) is 11.5. The first-order valence-electron chi connectivity index (χ1n) is 6.43. The van der Waals surface area contributed by atoms with Crippen molar-refractivity contribution in [3.05, 3.63) is 17.5 Å². The fourth-order valence-corrected chi connectivity index (χ4v) is 1.90. The van der Waals surface area contributed by atoms with E-state index in [1.54, 1.807) is 0 Å². The van der Waals surface area contributed by atoms with Gasteiger partial charge in [0.2, 0.25) is 0 Å². The van der Waals surface area contributed by atoms with Crippen LogP contribution in [-0.4, -0.2) is 33.6 Å². The third-order valence-electron chi connectivity index (χ3n) is 2.88. The van der Waals surface area contributed by atoms with Crippen LogP contribution in [0.2, 0.25) is 0 Å². The fourth-order valence-electron chi connectivity index (χ4n) is 1.90. The van der Waals surface area contributed by atoms with E-state index in [-0.39, 0.29) is 0 Å². The Bertz CT molecular complexity index is 344. The highest BCUT2D eigenvalue weighted by Gasteiger charge is 2.22. The van der Waals surface area contributed by atoms with Gasteiger partial charge in [0.05, 0.1) is 11.3 Å². The number of aryl methyl sites for hydroxylation is 2. The third-order valence-corrected chi connectivity index (χ3v) is 2.88. The number of hydrogen-bond acceptors (Lipinski definition) is 3. The zero-order chi connectivity index (χ0) is 12.9. The third kappa shape index (κ3) is 4.48. The highest BCUT2D eigenvalue weighted by molar-refractivity contribution is 5.12. The maximum Gasteiger partial charge on any atom is 0.0798 e. The average Bonchev–Trinajstić information content (AvgIpc) is 2.59. The normalized spacial score (nSPS) is 14.9. The summed E-state index contributed by atoms with van der Waals surface area (Å²) >= 11 is 0.